The maximum absolute atomic E-state index is 12.6. The zero-order chi connectivity index (χ0) is 16.7. The second-order valence-corrected chi connectivity index (χ2v) is 7.80. The van der Waals surface area contributed by atoms with E-state index in [2.05, 4.69) is 0 Å². The van der Waals surface area contributed by atoms with Gasteiger partial charge in [0.2, 0.25) is 10.0 Å². The first-order valence-electron chi connectivity index (χ1n) is 6.43. The Morgan fingerprint density at radius 3 is 2.41 bits per heavy atom. The summed E-state index contributed by atoms with van der Waals surface area (Å²) in [6.07, 6.45) is 0.569. The van der Waals surface area contributed by atoms with E-state index in [0.29, 0.717) is 0 Å². The molecule has 1 fully saturated rings. The number of carboxylic acid groups (broad SMARTS) is 1. The first-order chi connectivity index (χ1) is 10.2. The van der Waals surface area contributed by atoms with Gasteiger partial charge in [0.25, 0.3) is 0 Å². The Hall–Kier alpha value is -1.02. The molecule has 0 aliphatic heterocycles. The molecule has 1 aromatic carbocycles. The fourth-order valence-electron chi connectivity index (χ4n) is 2.31. The lowest BCUT2D eigenvalue weighted by molar-refractivity contribution is -0.146. The summed E-state index contributed by atoms with van der Waals surface area (Å²) >= 11 is 12.0. The molecule has 6 nitrogen and oxygen atoms in total. The molecular weight excluding hydrogens is 353 g/mol. The molecule has 1 aliphatic rings. The second kappa shape index (κ2) is 6.23. The lowest BCUT2D eigenvalue weighted by atomic mass is 9.80. The Bertz CT molecular complexity index is 701. The topological polar surface area (TPSA) is 83.9 Å². The number of hydrogen-bond acceptors (Lipinski definition) is 4. The minimum atomic E-state index is -3.86. The largest absolute Gasteiger partial charge is 0.495 e. The van der Waals surface area contributed by atoms with Gasteiger partial charge in [0.05, 0.1) is 18.1 Å². The zero-order valence-electron chi connectivity index (χ0n) is 11.9. The molecule has 1 N–H and O–H groups in total. The van der Waals surface area contributed by atoms with Gasteiger partial charge in [-0.15, -0.1) is 0 Å². The van der Waals surface area contributed by atoms with Crippen molar-refractivity contribution in [2.24, 2.45) is 5.92 Å². The summed E-state index contributed by atoms with van der Waals surface area (Å²) < 4.78 is 31.4. The molecule has 1 aromatic rings. The number of sulfonamides is 1. The molecule has 22 heavy (non-hydrogen) atoms. The molecule has 2 rings (SSSR count). The number of rotatable bonds is 5. The van der Waals surface area contributed by atoms with E-state index in [1.165, 1.54) is 26.3 Å². The highest BCUT2D eigenvalue weighted by molar-refractivity contribution is 7.89. The highest BCUT2D eigenvalue weighted by atomic mass is 35.5. The normalized spacial score (nSPS) is 21.5. The van der Waals surface area contributed by atoms with Crippen molar-refractivity contribution in [3.05, 3.63) is 22.2 Å². The third-order valence-corrected chi connectivity index (χ3v) is 6.79. The minimum absolute atomic E-state index is 0.0238. The first kappa shape index (κ1) is 17.3. The van der Waals surface area contributed by atoms with Crippen LogP contribution in [0.3, 0.4) is 0 Å². The smallest absolute Gasteiger partial charge is 0.306 e. The van der Waals surface area contributed by atoms with Crippen LogP contribution in [0.25, 0.3) is 0 Å². The summed E-state index contributed by atoms with van der Waals surface area (Å²) in [7, 11) is -1.05. The van der Waals surface area contributed by atoms with Crippen molar-refractivity contribution < 1.29 is 23.1 Å². The van der Waals surface area contributed by atoms with Gasteiger partial charge in [-0.1, -0.05) is 23.2 Å². The number of halogens is 2. The van der Waals surface area contributed by atoms with Crippen LogP contribution < -0.4 is 4.74 Å². The molecule has 0 spiro atoms. The Labute approximate surface area is 138 Å². The van der Waals surface area contributed by atoms with Gasteiger partial charge in [-0.25, -0.2) is 8.42 Å². The van der Waals surface area contributed by atoms with E-state index in [1.54, 1.807) is 0 Å². The lowest BCUT2D eigenvalue weighted by Gasteiger charge is -2.38. The molecule has 0 radical (unpaired) electrons. The van der Waals surface area contributed by atoms with Gasteiger partial charge < -0.3 is 9.84 Å². The van der Waals surface area contributed by atoms with Crippen LogP contribution >= 0.6 is 23.2 Å². The summed E-state index contributed by atoms with van der Waals surface area (Å²) in [5.74, 6) is -1.13. The van der Waals surface area contributed by atoms with Crippen molar-refractivity contribution in [2.75, 3.05) is 14.2 Å². The van der Waals surface area contributed by atoms with E-state index in [4.69, 9.17) is 33.0 Å². The zero-order valence-corrected chi connectivity index (χ0v) is 14.2. The number of carbonyl (C=O) groups is 1. The van der Waals surface area contributed by atoms with Gasteiger partial charge in [0.15, 0.2) is 0 Å². The van der Waals surface area contributed by atoms with Crippen LogP contribution in [0.2, 0.25) is 10.0 Å². The fraction of sp³-hybridized carbons (Fsp3) is 0.462. The van der Waals surface area contributed by atoms with Gasteiger partial charge in [0.1, 0.15) is 15.7 Å². The average molecular weight is 368 g/mol. The van der Waals surface area contributed by atoms with Crippen molar-refractivity contribution in [2.45, 2.75) is 23.8 Å². The molecule has 122 valence electrons. The lowest BCUT2D eigenvalue weighted by Crippen LogP contribution is -2.47. The summed E-state index contributed by atoms with van der Waals surface area (Å²) in [5, 5.41) is 8.78. The predicted octanol–water partition coefficient (Wildman–Crippen LogP) is 2.49. The van der Waals surface area contributed by atoms with E-state index in [-0.39, 0.29) is 39.6 Å². The van der Waals surface area contributed by atoms with Crippen LogP contribution in [0.15, 0.2) is 17.0 Å². The van der Waals surface area contributed by atoms with Gasteiger partial charge in [-0.05, 0) is 25.0 Å². The molecule has 0 atom stereocenters. The summed E-state index contributed by atoms with van der Waals surface area (Å²) in [4.78, 5) is 10.7. The summed E-state index contributed by atoms with van der Waals surface area (Å²) in [5.41, 5.74) is 0. The van der Waals surface area contributed by atoms with Gasteiger partial charge in [-0.3, -0.25) is 4.79 Å². The molecule has 0 heterocycles. The Balaban J connectivity index is 2.28. The quantitative estimate of drug-likeness (QED) is 0.863. The number of hydrogen-bond donors (Lipinski definition) is 1. The van der Waals surface area contributed by atoms with Crippen molar-refractivity contribution in [3.8, 4) is 5.75 Å². The number of methoxy groups -OCH3 is 1. The molecular formula is C13H15Cl2NO5S. The minimum Gasteiger partial charge on any atom is -0.495 e. The number of carboxylic acids is 1. The van der Waals surface area contributed by atoms with Crippen LogP contribution in [-0.4, -0.2) is 44.0 Å². The molecule has 0 aromatic heterocycles. The van der Waals surface area contributed by atoms with E-state index in [1.807, 2.05) is 0 Å². The monoisotopic (exact) mass is 367 g/mol. The van der Waals surface area contributed by atoms with Crippen molar-refractivity contribution in [1.29, 1.82) is 0 Å². The Morgan fingerprint density at radius 2 is 1.91 bits per heavy atom. The van der Waals surface area contributed by atoms with Crippen molar-refractivity contribution in [1.82, 2.24) is 4.31 Å². The number of nitrogens with zero attached hydrogens (tertiary/aromatic N) is 1. The molecule has 1 aliphatic carbocycles. The third kappa shape index (κ3) is 2.90. The van der Waals surface area contributed by atoms with Gasteiger partial charge in [-0.2, -0.15) is 4.31 Å². The SMILES string of the molecule is COc1ccc(S(=O)(=O)N(C)C2CC(C(=O)O)C2)c(Cl)c1Cl. The van der Waals surface area contributed by atoms with Gasteiger partial charge >= 0.3 is 5.97 Å². The highest BCUT2D eigenvalue weighted by Crippen LogP contribution is 2.40. The van der Waals surface area contributed by atoms with E-state index in [9.17, 15) is 13.2 Å². The number of benzene rings is 1. The maximum atomic E-state index is 12.6. The van der Waals surface area contributed by atoms with Crippen molar-refractivity contribution >= 4 is 39.2 Å². The Morgan fingerprint density at radius 1 is 1.32 bits per heavy atom. The third-order valence-electron chi connectivity index (χ3n) is 3.87. The molecule has 0 bridgehead atoms. The van der Waals surface area contributed by atoms with Crippen LogP contribution in [0.4, 0.5) is 0 Å². The Kier molecular flexibility index (Phi) is 4.91. The first-order valence-corrected chi connectivity index (χ1v) is 8.62. The van der Waals surface area contributed by atoms with Crippen LogP contribution in [-0.2, 0) is 14.8 Å². The van der Waals surface area contributed by atoms with E-state index >= 15 is 0 Å². The average Bonchev–Trinajstić information content (AvgIpc) is 2.39. The number of ether oxygens (including phenoxy) is 1. The van der Waals surface area contributed by atoms with Crippen LogP contribution in [0.5, 0.6) is 5.75 Å². The van der Waals surface area contributed by atoms with E-state index in [0.717, 1.165) is 4.31 Å². The molecule has 0 amide bonds. The predicted molar refractivity (Wildman–Crippen MR) is 82.1 cm³/mol. The molecule has 0 unspecified atom stereocenters. The summed E-state index contributed by atoms with van der Waals surface area (Å²) in [6.45, 7) is 0. The second-order valence-electron chi connectivity index (χ2n) is 5.08. The molecule has 1 saturated carbocycles. The fourth-order valence-corrected chi connectivity index (χ4v) is 4.50. The van der Waals surface area contributed by atoms with Crippen LogP contribution in [0, 0.1) is 5.92 Å². The van der Waals surface area contributed by atoms with Crippen LogP contribution in [0.1, 0.15) is 12.8 Å². The van der Waals surface area contributed by atoms with Crippen molar-refractivity contribution in [3.63, 3.8) is 0 Å². The maximum Gasteiger partial charge on any atom is 0.306 e. The molecule has 0 saturated heterocycles. The van der Waals surface area contributed by atoms with Gasteiger partial charge in [0, 0.05) is 13.1 Å². The van der Waals surface area contributed by atoms with E-state index < -0.39 is 21.9 Å². The summed E-state index contributed by atoms with van der Waals surface area (Å²) in [6, 6.07) is 2.39. The molecule has 9 heteroatoms. The standard InChI is InChI=1S/C13H15Cl2NO5S/c1-16(8-5-7(6-8)13(17)18)22(19,20)10-4-3-9(21-2)11(14)12(10)15/h3-4,7-8H,5-6H2,1-2H3,(H,17,18). The highest BCUT2D eigenvalue weighted by Gasteiger charge is 2.41. The number of aliphatic carboxylic acids is 1.